The van der Waals surface area contributed by atoms with Crippen molar-refractivity contribution in [1.29, 1.82) is 0 Å². The van der Waals surface area contributed by atoms with Gasteiger partial charge in [0.1, 0.15) is 12.7 Å². The Hall–Kier alpha value is -2.17. The van der Waals surface area contributed by atoms with Gasteiger partial charge in [-0.2, -0.15) is 5.10 Å². The Labute approximate surface area is 124 Å². The Morgan fingerprint density at radius 1 is 1.29 bits per heavy atom. The first-order valence-electron chi connectivity index (χ1n) is 7.55. The van der Waals surface area contributed by atoms with E-state index in [9.17, 15) is 4.79 Å². The molecule has 1 saturated heterocycles. The van der Waals surface area contributed by atoms with Gasteiger partial charge in [-0.05, 0) is 49.9 Å². The third-order valence-electron chi connectivity index (χ3n) is 4.16. The van der Waals surface area contributed by atoms with Crippen LogP contribution in [-0.4, -0.2) is 38.2 Å². The Kier molecular flexibility index (Phi) is 3.99. The molecule has 1 aromatic carbocycles. The standard InChI is InChI=1S/C16H20N4O/c1-2-14-5-3-4-10-19(14)16(21)13-6-8-15(9-7-13)20-12-17-11-18-20/h6-9,11-12,14H,2-5,10H2,1H3. The third kappa shape index (κ3) is 2.82. The van der Waals surface area contributed by atoms with Crippen molar-refractivity contribution < 1.29 is 4.79 Å². The van der Waals surface area contributed by atoms with Crippen molar-refractivity contribution in [3.05, 3.63) is 42.5 Å². The van der Waals surface area contributed by atoms with E-state index in [4.69, 9.17) is 0 Å². The lowest BCUT2D eigenvalue weighted by atomic mass is 9.99. The summed E-state index contributed by atoms with van der Waals surface area (Å²) in [5.41, 5.74) is 1.66. The molecular weight excluding hydrogens is 264 g/mol. The molecule has 0 N–H and O–H groups in total. The predicted octanol–water partition coefficient (Wildman–Crippen LogP) is 2.67. The summed E-state index contributed by atoms with van der Waals surface area (Å²) in [6, 6.07) is 7.96. The molecule has 1 aromatic heterocycles. The Balaban J connectivity index is 1.78. The molecule has 2 heterocycles. The van der Waals surface area contributed by atoms with Crippen LogP contribution in [-0.2, 0) is 0 Å². The number of hydrogen-bond donors (Lipinski definition) is 0. The number of hydrogen-bond acceptors (Lipinski definition) is 3. The van der Waals surface area contributed by atoms with Crippen LogP contribution < -0.4 is 0 Å². The maximum atomic E-state index is 12.7. The number of aromatic nitrogens is 3. The number of piperidine rings is 1. The second kappa shape index (κ2) is 6.08. The molecule has 1 aliphatic heterocycles. The first-order valence-corrected chi connectivity index (χ1v) is 7.55. The average Bonchev–Trinajstić information content (AvgIpc) is 3.09. The molecule has 1 fully saturated rings. The molecular formula is C16H20N4O. The Morgan fingerprint density at radius 3 is 2.76 bits per heavy atom. The molecule has 1 unspecified atom stereocenters. The first-order chi connectivity index (χ1) is 10.3. The van der Waals surface area contributed by atoms with Crippen molar-refractivity contribution in [2.24, 2.45) is 0 Å². The molecule has 0 spiro atoms. The summed E-state index contributed by atoms with van der Waals surface area (Å²) in [6.07, 6.45) is 7.64. The first kappa shape index (κ1) is 13.8. The number of nitrogens with zero attached hydrogens (tertiary/aromatic N) is 4. The largest absolute Gasteiger partial charge is 0.336 e. The fourth-order valence-electron chi connectivity index (χ4n) is 2.96. The summed E-state index contributed by atoms with van der Waals surface area (Å²) in [6.45, 7) is 3.03. The van der Waals surface area contributed by atoms with Crippen LogP contribution in [0, 0.1) is 0 Å². The second-order valence-electron chi connectivity index (χ2n) is 5.44. The van der Waals surface area contributed by atoms with Gasteiger partial charge < -0.3 is 4.90 Å². The number of carbonyl (C=O) groups is 1. The summed E-state index contributed by atoms with van der Waals surface area (Å²) in [7, 11) is 0. The van der Waals surface area contributed by atoms with Gasteiger partial charge >= 0.3 is 0 Å². The van der Waals surface area contributed by atoms with Crippen LogP contribution >= 0.6 is 0 Å². The Bertz CT molecular complexity index is 591. The van der Waals surface area contributed by atoms with Gasteiger partial charge in [0.25, 0.3) is 5.91 Å². The quantitative estimate of drug-likeness (QED) is 0.870. The number of carbonyl (C=O) groups excluding carboxylic acids is 1. The minimum absolute atomic E-state index is 0.145. The highest BCUT2D eigenvalue weighted by Gasteiger charge is 2.25. The fourth-order valence-corrected chi connectivity index (χ4v) is 2.96. The van der Waals surface area contributed by atoms with Crippen LogP contribution in [0.4, 0.5) is 0 Å². The van der Waals surface area contributed by atoms with E-state index in [1.165, 1.54) is 12.7 Å². The molecule has 1 atom stereocenters. The van der Waals surface area contributed by atoms with Gasteiger partial charge in [0, 0.05) is 18.2 Å². The molecule has 110 valence electrons. The van der Waals surface area contributed by atoms with Gasteiger partial charge in [-0.1, -0.05) is 6.92 Å². The molecule has 21 heavy (non-hydrogen) atoms. The minimum Gasteiger partial charge on any atom is -0.336 e. The summed E-state index contributed by atoms with van der Waals surface area (Å²) < 4.78 is 1.68. The molecule has 5 nitrogen and oxygen atoms in total. The minimum atomic E-state index is 0.145. The maximum absolute atomic E-state index is 12.7. The van der Waals surface area contributed by atoms with Gasteiger partial charge in [-0.25, -0.2) is 9.67 Å². The van der Waals surface area contributed by atoms with E-state index in [1.54, 1.807) is 11.0 Å². The molecule has 0 saturated carbocycles. The monoisotopic (exact) mass is 284 g/mol. The molecule has 1 amide bonds. The number of likely N-dealkylation sites (tertiary alicyclic amines) is 1. The van der Waals surface area contributed by atoms with Gasteiger partial charge in [0.15, 0.2) is 0 Å². The molecule has 0 radical (unpaired) electrons. The maximum Gasteiger partial charge on any atom is 0.254 e. The average molecular weight is 284 g/mol. The summed E-state index contributed by atoms with van der Waals surface area (Å²) in [5, 5.41) is 4.09. The van der Waals surface area contributed by atoms with E-state index < -0.39 is 0 Å². The molecule has 5 heteroatoms. The van der Waals surface area contributed by atoms with Crippen LogP contribution in [0.2, 0.25) is 0 Å². The lowest BCUT2D eigenvalue weighted by Crippen LogP contribution is -2.43. The zero-order valence-electron chi connectivity index (χ0n) is 12.3. The van der Waals surface area contributed by atoms with Crippen molar-refractivity contribution in [2.75, 3.05) is 6.54 Å². The smallest absolute Gasteiger partial charge is 0.254 e. The highest BCUT2D eigenvalue weighted by molar-refractivity contribution is 5.94. The summed E-state index contributed by atoms with van der Waals surface area (Å²) in [4.78, 5) is 18.6. The lowest BCUT2D eigenvalue weighted by molar-refractivity contribution is 0.0608. The molecule has 2 aromatic rings. The molecule has 1 aliphatic rings. The van der Waals surface area contributed by atoms with Gasteiger partial charge in [0.2, 0.25) is 0 Å². The normalized spacial score (nSPS) is 18.7. The van der Waals surface area contributed by atoms with Crippen LogP contribution in [0.3, 0.4) is 0 Å². The van der Waals surface area contributed by atoms with E-state index in [0.717, 1.165) is 37.1 Å². The van der Waals surface area contributed by atoms with Gasteiger partial charge in [-0.3, -0.25) is 4.79 Å². The molecule has 0 aliphatic carbocycles. The zero-order chi connectivity index (χ0) is 14.7. The van der Waals surface area contributed by atoms with Crippen molar-refractivity contribution >= 4 is 5.91 Å². The Morgan fingerprint density at radius 2 is 2.10 bits per heavy atom. The third-order valence-corrected chi connectivity index (χ3v) is 4.16. The molecule has 3 rings (SSSR count). The van der Waals surface area contributed by atoms with Crippen LogP contribution in [0.15, 0.2) is 36.9 Å². The van der Waals surface area contributed by atoms with Crippen LogP contribution in [0.5, 0.6) is 0 Å². The van der Waals surface area contributed by atoms with Crippen molar-refractivity contribution in [3.63, 3.8) is 0 Å². The van der Waals surface area contributed by atoms with Crippen LogP contribution in [0.25, 0.3) is 5.69 Å². The van der Waals surface area contributed by atoms with Crippen molar-refractivity contribution in [2.45, 2.75) is 38.6 Å². The number of rotatable bonds is 3. The zero-order valence-corrected chi connectivity index (χ0v) is 12.3. The van der Waals surface area contributed by atoms with E-state index in [2.05, 4.69) is 17.0 Å². The number of benzene rings is 1. The predicted molar refractivity (Wildman–Crippen MR) is 80.3 cm³/mol. The fraction of sp³-hybridized carbons (Fsp3) is 0.438. The van der Waals surface area contributed by atoms with E-state index >= 15 is 0 Å². The van der Waals surface area contributed by atoms with E-state index in [0.29, 0.717) is 6.04 Å². The highest BCUT2D eigenvalue weighted by atomic mass is 16.2. The topological polar surface area (TPSA) is 51.0 Å². The SMILES string of the molecule is CCC1CCCCN1C(=O)c1ccc(-n2cncn2)cc1. The van der Waals surface area contributed by atoms with Crippen molar-refractivity contribution in [1.82, 2.24) is 19.7 Å². The highest BCUT2D eigenvalue weighted by Crippen LogP contribution is 2.22. The summed E-state index contributed by atoms with van der Waals surface area (Å²) in [5.74, 6) is 0.145. The molecule has 0 bridgehead atoms. The van der Waals surface area contributed by atoms with Gasteiger partial charge in [-0.15, -0.1) is 0 Å². The second-order valence-corrected chi connectivity index (χ2v) is 5.44. The van der Waals surface area contributed by atoms with E-state index in [-0.39, 0.29) is 5.91 Å². The number of amides is 1. The van der Waals surface area contributed by atoms with Gasteiger partial charge in [0.05, 0.1) is 5.69 Å². The van der Waals surface area contributed by atoms with E-state index in [1.807, 2.05) is 29.2 Å². The van der Waals surface area contributed by atoms with Crippen LogP contribution in [0.1, 0.15) is 43.0 Å². The van der Waals surface area contributed by atoms with Crippen molar-refractivity contribution in [3.8, 4) is 5.69 Å². The summed E-state index contributed by atoms with van der Waals surface area (Å²) >= 11 is 0. The lowest BCUT2D eigenvalue weighted by Gasteiger charge is -2.35.